The minimum Gasteiger partial charge on any atom is -0.846 e. The largest absolute Gasteiger partial charge is 0.846 e. The van der Waals surface area contributed by atoms with Crippen LogP contribution in [0.3, 0.4) is 0 Å². The summed E-state index contributed by atoms with van der Waals surface area (Å²) in [6.07, 6.45) is -6.80. The van der Waals surface area contributed by atoms with Gasteiger partial charge >= 0.3 is 0 Å². The van der Waals surface area contributed by atoms with Gasteiger partial charge in [0.2, 0.25) is 0 Å². The molecule has 4 saturated heterocycles. The zero-order chi connectivity index (χ0) is 40.9. The molecule has 12 atom stereocenters. The van der Waals surface area contributed by atoms with Crippen molar-refractivity contribution in [1.82, 2.24) is 28.7 Å². The second kappa shape index (κ2) is 17.1. The van der Waals surface area contributed by atoms with E-state index in [1.54, 1.807) is 0 Å². The fourth-order valence-corrected chi connectivity index (χ4v) is 10.8. The quantitative estimate of drug-likeness (QED) is 0.123. The Morgan fingerprint density at radius 1 is 0.526 bits per heavy atom. The number of rotatable bonds is 3. The molecule has 0 aliphatic carbocycles. The third-order valence-corrected chi connectivity index (χ3v) is 13.7. The maximum absolute atomic E-state index is 12.7. The van der Waals surface area contributed by atoms with E-state index >= 15 is 0 Å². The summed E-state index contributed by atoms with van der Waals surface area (Å²) in [5.41, 5.74) is -0.863. The third-order valence-electron chi connectivity index (χ3n) is 8.97. The molecule has 0 radical (unpaired) electrons. The van der Waals surface area contributed by atoms with E-state index < -0.39 is 115 Å². The Morgan fingerprint density at radius 2 is 0.789 bits per heavy atom. The third kappa shape index (κ3) is 10.4. The van der Waals surface area contributed by atoms with E-state index in [1.807, 2.05) is 0 Å². The second-order valence-corrected chi connectivity index (χ2v) is 21.2. The lowest BCUT2D eigenvalue weighted by Crippen LogP contribution is -2.34. The zero-order valence-corrected chi connectivity index (χ0v) is 34.0. The summed E-state index contributed by atoms with van der Waals surface area (Å²) < 4.78 is 56.0. The zero-order valence-electron chi connectivity index (χ0n) is 28.9. The second-order valence-electron chi connectivity index (χ2n) is 12.8. The molecule has 0 amide bonds. The summed E-state index contributed by atoms with van der Waals surface area (Å²) in [4.78, 5) is 44.6. The van der Waals surface area contributed by atoms with Crippen LogP contribution in [-0.2, 0) is 78.1 Å². The van der Waals surface area contributed by atoms with Crippen LogP contribution in [-0.4, -0.2) is 99.8 Å². The Balaban J connectivity index is 1.19. The molecule has 30 heteroatoms. The summed E-state index contributed by atoms with van der Waals surface area (Å²) in [7, 11) is -12.7. The van der Waals surface area contributed by atoms with Gasteiger partial charge < -0.3 is 80.0 Å². The minimum absolute atomic E-state index is 0.134. The topological polar surface area (TPSA) is 338 Å². The lowest BCUT2D eigenvalue weighted by molar-refractivity contribution is -0.291. The van der Waals surface area contributed by atoms with E-state index in [4.69, 9.17) is 94.3 Å². The fraction of sp³-hybridized carbons (Fsp3) is 0.556. The van der Waals surface area contributed by atoms with E-state index in [0.29, 0.717) is 0 Å². The van der Waals surface area contributed by atoms with Crippen molar-refractivity contribution >= 4 is 58.2 Å². The molecule has 0 bridgehead atoms. The molecule has 0 saturated carbocycles. The number of aromatic nitrogens is 6. The van der Waals surface area contributed by atoms with Crippen molar-refractivity contribution in [3.05, 3.63) is 53.3 Å². The van der Waals surface area contributed by atoms with E-state index in [1.165, 1.54) is 36.8 Å². The van der Waals surface area contributed by atoms with E-state index in [-0.39, 0.29) is 35.7 Å². The molecule has 4 aliphatic rings. The molecule has 3 aromatic heterocycles. The van der Waals surface area contributed by atoms with Crippen LogP contribution < -0.4 is 31.8 Å². The molecule has 4 aliphatic heterocycles. The monoisotopic (exact) mass is 912 g/mol. The fourth-order valence-electron chi connectivity index (χ4n) is 6.40. The van der Waals surface area contributed by atoms with Crippen LogP contribution in [0.5, 0.6) is 18.0 Å². The van der Waals surface area contributed by atoms with Gasteiger partial charge in [-0.2, -0.15) is 27.1 Å². The van der Waals surface area contributed by atoms with Gasteiger partial charge in [0.05, 0.1) is 18.0 Å². The lowest BCUT2D eigenvalue weighted by Gasteiger charge is -2.31. The average molecular weight is 913 g/mol. The van der Waals surface area contributed by atoms with Crippen molar-refractivity contribution < 1.29 is 71.4 Å². The first-order valence-electron chi connectivity index (χ1n) is 16.7. The van der Waals surface area contributed by atoms with Crippen molar-refractivity contribution in [2.24, 2.45) is 0 Å². The summed E-state index contributed by atoms with van der Waals surface area (Å²) in [5.74, 6) is 0. The molecule has 6 N–H and O–H groups in total. The molecular weight excluding hydrogens is 879 g/mol. The number of nitrogens with one attached hydrogen (secondary N) is 3. The molecule has 57 heavy (non-hydrogen) atoms. The number of hydrogen-bond acceptors (Lipinski definition) is 24. The Labute approximate surface area is 339 Å². The highest BCUT2D eigenvalue weighted by Gasteiger charge is 2.50. The van der Waals surface area contributed by atoms with Crippen molar-refractivity contribution in [3.63, 3.8) is 0 Å². The SMILES string of the molecule is N=c1ccn([C@H]2C[C@@H]3O[P+](O)([S-])OC[C@H]4O[C@@H](n5ccc(=N)nc5[O-])C[C@@H]4O[P+](O)([S-])OC[C@H]4O[C@@H](n5ccc(=N)nc5[O-])C[C@@H]4O[P+](O)([S-])OC[C@H]3O2)c([O-])n1. The predicted molar refractivity (Wildman–Crippen MR) is 190 cm³/mol. The minimum atomic E-state index is -4.24. The van der Waals surface area contributed by atoms with Gasteiger partial charge in [-0.15, -0.1) is 0 Å². The van der Waals surface area contributed by atoms with Crippen LogP contribution >= 0.6 is 21.4 Å². The first-order chi connectivity index (χ1) is 26.8. The van der Waals surface area contributed by atoms with Crippen LogP contribution in [0, 0.1) is 16.2 Å². The number of hydrogen-bond donors (Lipinski definition) is 6. The van der Waals surface area contributed by atoms with Crippen LogP contribution in [0.25, 0.3) is 0 Å². The molecular formula is C27H33N9O15P3S3-3. The van der Waals surface area contributed by atoms with Crippen LogP contribution in [0.4, 0.5) is 0 Å². The summed E-state index contributed by atoms with van der Waals surface area (Å²) in [5, 5.41) is 61.0. The average Bonchev–Trinajstić information content (AvgIpc) is 3.81. The Hall–Kier alpha value is -2.10. The van der Waals surface area contributed by atoms with E-state index in [2.05, 4.69) is 15.0 Å². The highest BCUT2D eigenvalue weighted by atomic mass is 32.7. The molecule has 0 aromatic carbocycles. The predicted octanol–water partition coefficient (Wildman–Crippen LogP) is -1.93. The van der Waals surface area contributed by atoms with Crippen LogP contribution in [0.15, 0.2) is 36.8 Å². The van der Waals surface area contributed by atoms with Gasteiger partial charge in [-0.25, -0.2) is 29.6 Å². The maximum Gasteiger partial charge on any atom is 0.287 e. The standard InChI is InChI=1S/C27H36N9O15P3S3/c28-19-1-4-34(25(37)31-19)22-7-13-16(46-22)10-43-53(41,56)50-14-8-23(35-5-2-20(29)32-26(35)38)48-18(14)12-45-54(42,57)51-15-9-24(36-6-3-21(30)33-27(36)39)47-17(15)11-44-52(40,55)49-13/h1-6,13-18,22-24H,7-12H2,(H,40,55)(H,41,56)(H,42,57)(H2,28,31,37)(H2,29,32,38)(H2,30,33,39)/p-3/t13-,14-,15-,16+,17+,18+,22+,23+,24+,52?,53?,54?/m0/s1. The van der Waals surface area contributed by atoms with Gasteiger partial charge in [0, 0.05) is 37.9 Å². The Kier molecular flexibility index (Phi) is 12.9. The summed E-state index contributed by atoms with van der Waals surface area (Å²) in [6.45, 7) is -1.59. The number of nitrogens with zero attached hydrogens (tertiary/aromatic N) is 6. The normalized spacial score (nSPS) is 38.1. The Morgan fingerprint density at radius 3 is 1.04 bits per heavy atom. The summed E-state index contributed by atoms with van der Waals surface area (Å²) in [6, 6.07) is 1.31. The van der Waals surface area contributed by atoms with Crippen LogP contribution in [0.2, 0.25) is 0 Å². The first kappa shape index (κ1) is 43.0. The van der Waals surface area contributed by atoms with Gasteiger partial charge in [0.15, 0.2) is 0 Å². The molecule has 3 aromatic rings. The van der Waals surface area contributed by atoms with Gasteiger partial charge in [-0.1, -0.05) is 0 Å². The van der Waals surface area contributed by atoms with Gasteiger partial charge in [0.25, 0.3) is 21.4 Å². The molecule has 0 spiro atoms. The van der Waals surface area contributed by atoms with Crippen molar-refractivity contribution in [2.45, 2.75) is 74.6 Å². The molecule has 3 unspecified atom stereocenters. The lowest BCUT2D eigenvalue weighted by atomic mass is 10.2. The number of fused-ring (bicyclic) bond motifs is 3. The van der Waals surface area contributed by atoms with E-state index in [9.17, 15) is 30.0 Å². The summed E-state index contributed by atoms with van der Waals surface area (Å²) >= 11 is 16.0. The van der Waals surface area contributed by atoms with Crippen molar-refractivity contribution in [1.29, 1.82) is 16.2 Å². The van der Waals surface area contributed by atoms with Crippen LogP contribution in [0.1, 0.15) is 37.9 Å². The molecule has 4 fully saturated rings. The van der Waals surface area contributed by atoms with E-state index in [0.717, 1.165) is 13.7 Å². The highest BCUT2D eigenvalue weighted by molar-refractivity contribution is 8.36. The molecule has 24 nitrogen and oxygen atoms in total. The Bertz CT molecular complexity index is 1890. The molecule has 312 valence electrons. The highest BCUT2D eigenvalue weighted by Crippen LogP contribution is 2.62. The van der Waals surface area contributed by atoms with Gasteiger partial charge in [0.1, 0.15) is 91.6 Å². The van der Waals surface area contributed by atoms with Crippen molar-refractivity contribution in [3.8, 4) is 18.0 Å². The molecule has 7 heterocycles. The number of ether oxygens (including phenoxy) is 3. The smallest absolute Gasteiger partial charge is 0.287 e. The molecule has 7 rings (SSSR count). The van der Waals surface area contributed by atoms with Gasteiger partial charge in [-0.05, 0) is 18.2 Å². The first-order valence-corrected chi connectivity index (χ1v) is 24.5. The maximum atomic E-state index is 12.7. The van der Waals surface area contributed by atoms with Gasteiger partial charge in [-0.3, -0.25) is 16.2 Å². The van der Waals surface area contributed by atoms with Crippen molar-refractivity contribution in [2.75, 3.05) is 19.8 Å².